The fourth-order valence-electron chi connectivity index (χ4n) is 3.93. The summed E-state index contributed by atoms with van der Waals surface area (Å²) in [6, 6.07) is 5.28. The number of aromatic carboxylic acids is 1. The molecule has 9 heteroatoms. The zero-order valence-corrected chi connectivity index (χ0v) is 18.7. The number of aliphatic carboxylic acids is 1. The number of hydrogen-bond acceptors (Lipinski definition) is 4. The molecule has 0 atom stereocenters. The van der Waals surface area contributed by atoms with E-state index in [0.29, 0.717) is 48.0 Å². The molecule has 0 fully saturated rings. The number of carboxylic acid groups (broad SMARTS) is 2. The Morgan fingerprint density at radius 3 is 2.61 bits per heavy atom. The zero-order valence-electron chi connectivity index (χ0n) is 17.2. The van der Waals surface area contributed by atoms with Gasteiger partial charge in [-0.15, -0.1) is 0 Å². The summed E-state index contributed by atoms with van der Waals surface area (Å²) in [4.78, 5) is 28.1. The molecule has 0 unspecified atom stereocenters. The lowest BCUT2D eigenvalue weighted by atomic mass is 9.93. The summed E-state index contributed by atoms with van der Waals surface area (Å²) in [6.07, 6.45) is 3.48. The van der Waals surface area contributed by atoms with Gasteiger partial charge in [0.2, 0.25) is 0 Å². The standard InChI is InChI=1S/C22H24Cl2N2O5/c1-13-20-17(25-31-10-3-2-7-19(27)28)5-4-6-18(20)26(21(13)22(29)30)12-14-8-9-15(23)16(24)11-14/h8-9,11H,2-7,10,12H2,1H3,(H,27,28)(H,29,30)/b25-17-. The number of rotatable bonds is 9. The molecular formula is C22H24Cl2N2O5. The molecule has 0 aliphatic heterocycles. The van der Waals surface area contributed by atoms with Gasteiger partial charge in [-0.05, 0) is 62.3 Å². The summed E-state index contributed by atoms with van der Waals surface area (Å²) in [5.41, 5.74) is 4.22. The average molecular weight is 467 g/mol. The first-order valence-corrected chi connectivity index (χ1v) is 10.8. The van der Waals surface area contributed by atoms with Crippen molar-refractivity contribution in [3.63, 3.8) is 0 Å². The van der Waals surface area contributed by atoms with Crippen LogP contribution in [-0.4, -0.2) is 39.0 Å². The van der Waals surface area contributed by atoms with Gasteiger partial charge in [-0.2, -0.15) is 0 Å². The van der Waals surface area contributed by atoms with Crippen molar-refractivity contribution < 1.29 is 24.6 Å². The predicted octanol–water partition coefficient (Wildman–Crippen LogP) is 5.16. The fourth-order valence-corrected chi connectivity index (χ4v) is 4.25. The second-order valence-corrected chi connectivity index (χ2v) is 8.33. The van der Waals surface area contributed by atoms with E-state index in [2.05, 4.69) is 5.16 Å². The minimum atomic E-state index is -0.999. The van der Waals surface area contributed by atoms with Crippen molar-refractivity contribution in [1.29, 1.82) is 0 Å². The van der Waals surface area contributed by atoms with Gasteiger partial charge >= 0.3 is 11.9 Å². The number of carbonyl (C=O) groups is 2. The molecule has 0 amide bonds. The monoisotopic (exact) mass is 466 g/mol. The maximum atomic E-state index is 12.1. The molecule has 1 aromatic heterocycles. The molecule has 0 saturated heterocycles. The number of fused-ring (bicyclic) bond motifs is 1. The van der Waals surface area contributed by atoms with Crippen LogP contribution in [0.2, 0.25) is 10.0 Å². The zero-order chi connectivity index (χ0) is 22.5. The molecule has 0 spiro atoms. The van der Waals surface area contributed by atoms with Crippen LogP contribution < -0.4 is 0 Å². The first kappa shape index (κ1) is 23.2. The summed E-state index contributed by atoms with van der Waals surface area (Å²) in [7, 11) is 0. The number of benzene rings is 1. The summed E-state index contributed by atoms with van der Waals surface area (Å²) < 4.78 is 1.81. The van der Waals surface area contributed by atoms with Gasteiger partial charge in [-0.25, -0.2) is 4.79 Å². The molecule has 1 aliphatic rings. The third kappa shape index (κ3) is 5.40. The Bertz CT molecular complexity index is 1030. The van der Waals surface area contributed by atoms with Crippen LogP contribution in [0.1, 0.15) is 65.0 Å². The molecule has 0 radical (unpaired) electrons. The summed E-state index contributed by atoms with van der Waals surface area (Å²) >= 11 is 12.1. The number of unbranched alkanes of at least 4 members (excludes halogenated alkanes) is 1. The van der Waals surface area contributed by atoms with Gasteiger partial charge < -0.3 is 19.6 Å². The van der Waals surface area contributed by atoms with Crippen LogP contribution >= 0.6 is 23.2 Å². The summed E-state index contributed by atoms with van der Waals surface area (Å²) in [5, 5.41) is 23.7. The first-order chi connectivity index (χ1) is 14.8. The van der Waals surface area contributed by atoms with Gasteiger partial charge in [-0.3, -0.25) is 4.79 Å². The molecule has 2 aromatic rings. The van der Waals surface area contributed by atoms with Crippen molar-refractivity contribution in [3.05, 3.63) is 56.3 Å². The Hall–Kier alpha value is -2.51. The van der Waals surface area contributed by atoms with E-state index in [1.54, 1.807) is 19.1 Å². The number of oxime groups is 1. The van der Waals surface area contributed by atoms with E-state index in [4.69, 9.17) is 33.1 Å². The topological polar surface area (TPSA) is 101 Å². The number of nitrogens with zero attached hydrogens (tertiary/aromatic N) is 2. The Labute approximate surface area is 190 Å². The van der Waals surface area contributed by atoms with Crippen molar-refractivity contribution in [3.8, 4) is 0 Å². The van der Waals surface area contributed by atoms with E-state index >= 15 is 0 Å². The quantitative estimate of drug-likeness (QED) is 0.392. The molecular weight excluding hydrogens is 443 g/mol. The van der Waals surface area contributed by atoms with Crippen LogP contribution in [0.3, 0.4) is 0 Å². The van der Waals surface area contributed by atoms with Crippen molar-refractivity contribution in [1.82, 2.24) is 4.57 Å². The van der Waals surface area contributed by atoms with E-state index < -0.39 is 11.9 Å². The number of hydrogen-bond donors (Lipinski definition) is 2. The highest BCUT2D eigenvalue weighted by atomic mass is 35.5. The van der Waals surface area contributed by atoms with Crippen molar-refractivity contribution in [2.45, 2.75) is 52.0 Å². The lowest BCUT2D eigenvalue weighted by Gasteiger charge is -2.18. The van der Waals surface area contributed by atoms with Crippen LogP contribution in [0.15, 0.2) is 23.4 Å². The van der Waals surface area contributed by atoms with Crippen molar-refractivity contribution >= 4 is 40.9 Å². The third-order valence-electron chi connectivity index (χ3n) is 5.31. The van der Waals surface area contributed by atoms with Crippen LogP contribution in [0.4, 0.5) is 0 Å². The Morgan fingerprint density at radius 1 is 1.16 bits per heavy atom. The van der Waals surface area contributed by atoms with Crippen LogP contribution in [-0.2, 0) is 22.6 Å². The van der Waals surface area contributed by atoms with Gasteiger partial charge in [-0.1, -0.05) is 34.4 Å². The Kier molecular flexibility index (Phi) is 7.62. The Morgan fingerprint density at radius 2 is 1.94 bits per heavy atom. The second kappa shape index (κ2) is 10.2. The van der Waals surface area contributed by atoms with Crippen LogP contribution in [0.5, 0.6) is 0 Å². The number of carboxylic acids is 2. The molecule has 0 saturated carbocycles. The normalized spacial score (nSPS) is 14.5. The average Bonchev–Trinajstić information content (AvgIpc) is 3.00. The smallest absolute Gasteiger partial charge is 0.352 e. The SMILES string of the molecule is Cc1c2c(n(Cc3ccc(Cl)c(Cl)c3)c1C(=O)O)CCC/C2=N/OCCCCC(=O)O. The highest BCUT2D eigenvalue weighted by molar-refractivity contribution is 6.42. The van der Waals surface area contributed by atoms with Gasteiger partial charge in [0.1, 0.15) is 12.3 Å². The molecule has 2 N–H and O–H groups in total. The van der Waals surface area contributed by atoms with E-state index in [1.807, 2.05) is 10.6 Å². The molecule has 166 valence electrons. The number of halogens is 2. The van der Waals surface area contributed by atoms with E-state index in [-0.39, 0.29) is 12.1 Å². The van der Waals surface area contributed by atoms with Crippen molar-refractivity contribution in [2.75, 3.05) is 6.61 Å². The predicted molar refractivity (Wildman–Crippen MR) is 119 cm³/mol. The number of aromatic nitrogens is 1. The third-order valence-corrected chi connectivity index (χ3v) is 6.05. The van der Waals surface area contributed by atoms with E-state index in [9.17, 15) is 14.7 Å². The lowest BCUT2D eigenvalue weighted by molar-refractivity contribution is -0.137. The highest BCUT2D eigenvalue weighted by Crippen LogP contribution is 2.32. The molecule has 1 aliphatic carbocycles. The highest BCUT2D eigenvalue weighted by Gasteiger charge is 2.29. The first-order valence-electron chi connectivity index (χ1n) is 10.1. The van der Waals surface area contributed by atoms with Gasteiger partial charge in [0.25, 0.3) is 0 Å². The molecule has 7 nitrogen and oxygen atoms in total. The van der Waals surface area contributed by atoms with Crippen LogP contribution in [0, 0.1) is 6.92 Å². The molecule has 1 aromatic carbocycles. The fraction of sp³-hybridized carbons (Fsp3) is 0.409. The second-order valence-electron chi connectivity index (χ2n) is 7.51. The lowest BCUT2D eigenvalue weighted by Crippen LogP contribution is -2.17. The molecule has 0 bridgehead atoms. The van der Waals surface area contributed by atoms with Gasteiger partial charge in [0.05, 0.1) is 15.8 Å². The van der Waals surface area contributed by atoms with Gasteiger partial charge in [0, 0.05) is 24.2 Å². The molecule has 1 heterocycles. The van der Waals surface area contributed by atoms with Crippen molar-refractivity contribution in [2.24, 2.45) is 5.16 Å². The molecule has 3 rings (SSSR count). The minimum absolute atomic E-state index is 0.0999. The van der Waals surface area contributed by atoms with E-state index in [1.165, 1.54) is 0 Å². The van der Waals surface area contributed by atoms with Crippen LogP contribution in [0.25, 0.3) is 0 Å². The molecule has 31 heavy (non-hydrogen) atoms. The Balaban J connectivity index is 1.88. The maximum Gasteiger partial charge on any atom is 0.352 e. The summed E-state index contributed by atoms with van der Waals surface area (Å²) in [6.45, 7) is 2.47. The van der Waals surface area contributed by atoms with Gasteiger partial charge in [0.15, 0.2) is 0 Å². The van der Waals surface area contributed by atoms with E-state index in [0.717, 1.165) is 35.4 Å². The summed E-state index contributed by atoms with van der Waals surface area (Å²) in [5.74, 6) is -1.83. The minimum Gasteiger partial charge on any atom is -0.481 e. The largest absolute Gasteiger partial charge is 0.481 e. The maximum absolute atomic E-state index is 12.1.